The van der Waals surface area contributed by atoms with Crippen LogP contribution < -0.4 is 0 Å². The fraction of sp³-hybridized carbons (Fsp3) is 0.286. The van der Waals surface area contributed by atoms with Crippen LogP contribution in [-0.4, -0.2) is 21.3 Å². The van der Waals surface area contributed by atoms with Crippen molar-refractivity contribution in [3.05, 3.63) is 45.7 Å². The van der Waals surface area contributed by atoms with Gasteiger partial charge in [0.25, 0.3) is 0 Å². The molecule has 1 aromatic heterocycles. The SMILES string of the molecule is CCCn1ncc(Cl)c1C(=O)CSc1ccc(Br)cc1. The maximum atomic E-state index is 12.3. The minimum absolute atomic E-state index is 0.00821. The number of carbonyl (C=O) groups excluding carboxylic acids is 1. The van der Waals surface area contributed by atoms with Gasteiger partial charge in [-0.25, -0.2) is 0 Å². The molecule has 0 unspecified atom stereocenters. The molecule has 1 heterocycles. The molecule has 0 saturated heterocycles. The van der Waals surface area contributed by atoms with Crippen molar-refractivity contribution < 1.29 is 4.79 Å². The third kappa shape index (κ3) is 3.87. The molecule has 0 spiro atoms. The summed E-state index contributed by atoms with van der Waals surface area (Å²) in [5, 5.41) is 4.57. The number of aryl methyl sites for hydroxylation is 1. The molecule has 0 atom stereocenters. The maximum absolute atomic E-state index is 12.3. The fourth-order valence-electron chi connectivity index (χ4n) is 1.77. The first-order chi connectivity index (χ1) is 9.61. The normalized spacial score (nSPS) is 10.8. The van der Waals surface area contributed by atoms with Crippen molar-refractivity contribution in [3.63, 3.8) is 0 Å². The average Bonchev–Trinajstić information content (AvgIpc) is 2.79. The van der Waals surface area contributed by atoms with E-state index in [0.717, 1.165) is 15.8 Å². The summed E-state index contributed by atoms with van der Waals surface area (Å²) < 4.78 is 2.71. The lowest BCUT2D eigenvalue weighted by atomic mass is 10.3. The Hall–Kier alpha value is -0.780. The second kappa shape index (κ2) is 7.29. The number of carbonyl (C=O) groups is 1. The summed E-state index contributed by atoms with van der Waals surface area (Å²) in [4.78, 5) is 13.3. The molecule has 1 aromatic carbocycles. The number of hydrogen-bond acceptors (Lipinski definition) is 3. The Morgan fingerprint density at radius 2 is 2.10 bits per heavy atom. The first kappa shape index (κ1) is 15.6. The van der Waals surface area contributed by atoms with Gasteiger partial charge in [-0.15, -0.1) is 11.8 Å². The van der Waals surface area contributed by atoms with E-state index in [1.807, 2.05) is 31.2 Å². The lowest BCUT2D eigenvalue weighted by Crippen LogP contribution is -2.12. The smallest absolute Gasteiger partial charge is 0.192 e. The van der Waals surface area contributed by atoms with Crippen LogP contribution in [0.1, 0.15) is 23.8 Å². The zero-order valence-corrected chi connectivity index (χ0v) is 14.1. The first-order valence-electron chi connectivity index (χ1n) is 6.24. The molecule has 0 saturated carbocycles. The third-order valence-corrected chi connectivity index (χ3v) is 4.50. The van der Waals surface area contributed by atoms with Crippen molar-refractivity contribution in [2.45, 2.75) is 24.8 Å². The Morgan fingerprint density at radius 1 is 1.40 bits per heavy atom. The van der Waals surface area contributed by atoms with E-state index in [-0.39, 0.29) is 5.78 Å². The molecule has 0 bridgehead atoms. The fourth-order valence-corrected chi connectivity index (χ4v) is 3.04. The highest BCUT2D eigenvalue weighted by atomic mass is 79.9. The molecule has 2 aromatic rings. The van der Waals surface area contributed by atoms with Crippen LogP contribution in [0.3, 0.4) is 0 Å². The molecule has 0 fully saturated rings. The van der Waals surface area contributed by atoms with Gasteiger partial charge in [0.05, 0.1) is 17.0 Å². The summed E-state index contributed by atoms with van der Waals surface area (Å²) in [6.45, 7) is 2.75. The summed E-state index contributed by atoms with van der Waals surface area (Å²) in [5.74, 6) is 0.366. The molecule has 0 N–H and O–H groups in total. The van der Waals surface area contributed by atoms with Crippen LogP contribution in [0.15, 0.2) is 39.8 Å². The van der Waals surface area contributed by atoms with Crippen molar-refractivity contribution in [2.75, 3.05) is 5.75 Å². The number of Topliss-reactive ketones (excluding diaryl/α,β-unsaturated/α-hetero) is 1. The van der Waals surface area contributed by atoms with Gasteiger partial charge < -0.3 is 0 Å². The van der Waals surface area contributed by atoms with E-state index < -0.39 is 0 Å². The summed E-state index contributed by atoms with van der Waals surface area (Å²) in [6.07, 6.45) is 2.45. The second-order valence-corrected chi connectivity index (χ2v) is 6.60. The number of rotatable bonds is 6. The summed E-state index contributed by atoms with van der Waals surface area (Å²) in [5.41, 5.74) is 0.512. The van der Waals surface area contributed by atoms with Gasteiger partial charge in [0.15, 0.2) is 5.78 Å². The van der Waals surface area contributed by atoms with Gasteiger partial charge in [-0.05, 0) is 30.7 Å². The zero-order valence-electron chi connectivity index (χ0n) is 11.0. The van der Waals surface area contributed by atoms with E-state index in [1.165, 1.54) is 18.0 Å². The van der Waals surface area contributed by atoms with Gasteiger partial charge in [0.1, 0.15) is 5.69 Å². The number of benzene rings is 1. The first-order valence-corrected chi connectivity index (χ1v) is 8.40. The van der Waals surface area contributed by atoms with E-state index in [4.69, 9.17) is 11.6 Å². The van der Waals surface area contributed by atoms with E-state index in [1.54, 1.807) is 4.68 Å². The average molecular weight is 374 g/mol. The summed E-state index contributed by atoms with van der Waals surface area (Å²) >= 11 is 10.9. The Bertz CT molecular complexity index is 598. The van der Waals surface area contributed by atoms with Crippen LogP contribution in [0, 0.1) is 0 Å². The van der Waals surface area contributed by atoms with Crippen molar-refractivity contribution in [1.29, 1.82) is 0 Å². The molecule has 3 nitrogen and oxygen atoms in total. The molecule has 0 amide bonds. The standard InChI is InChI=1S/C14H14BrClN2OS/c1-2-7-18-14(12(16)8-17-18)13(19)9-20-11-5-3-10(15)4-6-11/h3-6,8H,2,7,9H2,1H3. The van der Waals surface area contributed by atoms with Crippen LogP contribution in [0.5, 0.6) is 0 Å². The van der Waals surface area contributed by atoms with Gasteiger partial charge in [0.2, 0.25) is 0 Å². The van der Waals surface area contributed by atoms with E-state index in [2.05, 4.69) is 21.0 Å². The van der Waals surface area contributed by atoms with Crippen molar-refractivity contribution >= 4 is 45.1 Å². The highest BCUT2D eigenvalue weighted by Crippen LogP contribution is 2.23. The predicted molar refractivity (Wildman–Crippen MR) is 86.7 cm³/mol. The highest BCUT2D eigenvalue weighted by Gasteiger charge is 2.17. The Kier molecular flexibility index (Phi) is 5.69. The molecule has 0 aliphatic heterocycles. The number of thioether (sulfide) groups is 1. The van der Waals surface area contributed by atoms with E-state index >= 15 is 0 Å². The van der Waals surface area contributed by atoms with Gasteiger partial charge >= 0.3 is 0 Å². The molecule has 106 valence electrons. The number of nitrogens with zero attached hydrogens (tertiary/aromatic N) is 2. The van der Waals surface area contributed by atoms with E-state index in [9.17, 15) is 4.79 Å². The number of halogens is 2. The molecule has 0 aliphatic carbocycles. The number of ketones is 1. The minimum atomic E-state index is 0.00821. The molecule has 0 radical (unpaired) electrons. The van der Waals surface area contributed by atoms with Gasteiger partial charge in [0, 0.05) is 15.9 Å². The summed E-state index contributed by atoms with van der Waals surface area (Å²) in [6, 6.07) is 7.88. The van der Waals surface area contributed by atoms with Crippen molar-refractivity contribution in [3.8, 4) is 0 Å². The van der Waals surface area contributed by atoms with Crippen molar-refractivity contribution in [1.82, 2.24) is 9.78 Å². The molecule has 6 heteroatoms. The minimum Gasteiger partial charge on any atom is -0.291 e. The van der Waals surface area contributed by atoms with Crippen LogP contribution in [0.25, 0.3) is 0 Å². The lowest BCUT2D eigenvalue weighted by Gasteiger charge is -2.06. The van der Waals surface area contributed by atoms with Gasteiger partial charge in [-0.2, -0.15) is 5.10 Å². The highest BCUT2D eigenvalue weighted by molar-refractivity contribution is 9.10. The zero-order chi connectivity index (χ0) is 14.5. The van der Waals surface area contributed by atoms with Crippen LogP contribution >= 0.6 is 39.3 Å². The van der Waals surface area contributed by atoms with Gasteiger partial charge in [-0.1, -0.05) is 34.5 Å². The third-order valence-electron chi connectivity index (χ3n) is 2.68. The van der Waals surface area contributed by atoms with Crippen LogP contribution in [0.2, 0.25) is 5.02 Å². The molecular formula is C14H14BrClN2OS. The van der Waals surface area contributed by atoms with E-state index in [0.29, 0.717) is 23.0 Å². The topological polar surface area (TPSA) is 34.9 Å². The Labute approximate surface area is 135 Å². The van der Waals surface area contributed by atoms with Crippen LogP contribution in [0.4, 0.5) is 0 Å². The monoisotopic (exact) mass is 372 g/mol. The summed E-state index contributed by atoms with van der Waals surface area (Å²) in [7, 11) is 0. The number of hydrogen-bond donors (Lipinski definition) is 0. The molecule has 0 aliphatic rings. The maximum Gasteiger partial charge on any atom is 0.192 e. The van der Waals surface area contributed by atoms with Crippen LogP contribution in [-0.2, 0) is 6.54 Å². The molecule has 2 rings (SSSR count). The molecular weight excluding hydrogens is 360 g/mol. The van der Waals surface area contributed by atoms with Crippen molar-refractivity contribution in [2.24, 2.45) is 0 Å². The number of aromatic nitrogens is 2. The molecule has 20 heavy (non-hydrogen) atoms. The lowest BCUT2D eigenvalue weighted by molar-refractivity contribution is 0.101. The van der Waals surface area contributed by atoms with Gasteiger partial charge in [-0.3, -0.25) is 9.48 Å². The second-order valence-electron chi connectivity index (χ2n) is 4.23. The Balaban J connectivity index is 2.05. The predicted octanol–water partition coefficient (Wildman–Crippen LogP) is 4.68. The largest absolute Gasteiger partial charge is 0.291 e. The Morgan fingerprint density at radius 3 is 2.75 bits per heavy atom. The quantitative estimate of drug-likeness (QED) is 0.544.